The highest BCUT2D eigenvalue weighted by atomic mass is 32.1. The predicted molar refractivity (Wildman–Crippen MR) is 63.6 cm³/mol. The lowest BCUT2D eigenvalue weighted by molar-refractivity contribution is -0.131. The minimum absolute atomic E-state index is 0.0887. The molecule has 1 aromatic rings. The number of rotatable bonds is 6. The van der Waals surface area contributed by atoms with Gasteiger partial charge in [0.25, 0.3) is 0 Å². The van der Waals surface area contributed by atoms with Gasteiger partial charge in [0.15, 0.2) is 0 Å². The molecule has 3 nitrogen and oxygen atoms in total. The van der Waals surface area contributed by atoms with E-state index in [2.05, 4.69) is 6.58 Å². The molecule has 15 heavy (non-hydrogen) atoms. The van der Waals surface area contributed by atoms with Crippen LogP contribution in [0.25, 0.3) is 0 Å². The number of carbonyl (C=O) groups excluding carboxylic acids is 1. The molecule has 0 radical (unpaired) electrons. The zero-order valence-corrected chi connectivity index (χ0v) is 9.50. The Morgan fingerprint density at radius 3 is 3.00 bits per heavy atom. The first-order valence-corrected chi connectivity index (χ1v) is 5.77. The highest BCUT2D eigenvalue weighted by Gasteiger charge is 2.11. The zero-order chi connectivity index (χ0) is 11.1. The van der Waals surface area contributed by atoms with Gasteiger partial charge in [0, 0.05) is 24.4 Å². The van der Waals surface area contributed by atoms with E-state index in [4.69, 9.17) is 5.73 Å². The first-order chi connectivity index (χ1) is 7.27. The fraction of sp³-hybridized carbons (Fsp3) is 0.364. The van der Waals surface area contributed by atoms with Gasteiger partial charge < -0.3 is 10.6 Å². The monoisotopic (exact) mass is 224 g/mol. The van der Waals surface area contributed by atoms with Crippen LogP contribution in [0.2, 0.25) is 0 Å². The molecule has 0 spiro atoms. The fourth-order valence-electron chi connectivity index (χ4n) is 1.28. The Morgan fingerprint density at radius 1 is 1.67 bits per heavy atom. The van der Waals surface area contributed by atoms with Gasteiger partial charge in [-0.25, -0.2) is 0 Å². The summed E-state index contributed by atoms with van der Waals surface area (Å²) >= 11 is 1.65. The van der Waals surface area contributed by atoms with E-state index in [-0.39, 0.29) is 5.91 Å². The number of nitrogens with zero attached hydrogens (tertiary/aromatic N) is 1. The van der Waals surface area contributed by atoms with Crippen molar-refractivity contribution < 1.29 is 4.79 Å². The lowest BCUT2D eigenvalue weighted by atomic mass is 10.3. The molecule has 1 heterocycles. The summed E-state index contributed by atoms with van der Waals surface area (Å²) in [6.45, 7) is 5.29. The summed E-state index contributed by atoms with van der Waals surface area (Å²) < 4.78 is 0. The van der Waals surface area contributed by atoms with E-state index in [1.54, 1.807) is 22.3 Å². The summed E-state index contributed by atoms with van der Waals surface area (Å²) in [4.78, 5) is 14.6. The molecule has 0 bridgehead atoms. The Bertz CT molecular complexity index is 308. The summed E-state index contributed by atoms with van der Waals surface area (Å²) in [5.74, 6) is 0.0887. The van der Waals surface area contributed by atoms with Crippen LogP contribution in [0.4, 0.5) is 0 Å². The van der Waals surface area contributed by atoms with E-state index < -0.39 is 0 Å². The van der Waals surface area contributed by atoms with Crippen molar-refractivity contribution in [3.8, 4) is 0 Å². The molecule has 0 saturated heterocycles. The molecular weight excluding hydrogens is 208 g/mol. The largest absolute Gasteiger partial charge is 0.334 e. The molecule has 1 rings (SSSR count). The van der Waals surface area contributed by atoms with Crippen molar-refractivity contribution in [1.29, 1.82) is 0 Å². The highest BCUT2D eigenvalue weighted by Crippen LogP contribution is 2.12. The van der Waals surface area contributed by atoms with Gasteiger partial charge in [-0.1, -0.05) is 12.1 Å². The Kier molecular flexibility index (Phi) is 5.07. The van der Waals surface area contributed by atoms with Gasteiger partial charge in [-0.15, -0.1) is 17.9 Å². The SMILES string of the molecule is C=CCN(Cc1cccs1)C(=O)CCN. The third-order valence-electron chi connectivity index (χ3n) is 1.99. The number of amides is 1. The van der Waals surface area contributed by atoms with E-state index in [1.807, 2.05) is 17.5 Å². The Morgan fingerprint density at radius 2 is 2.47 bits per heavy atom. The lowest BCUT2D eigenvalue weighted by Crippen LogP contribution is -2.31. The van der Waals surface area contributed by atoms with Gasteiger partial charge in [0.2, 0.25) is 5.91 Å². The zero-order valence-electron chi connectivity index (χ0n) is 8.69. The van der Waals surface area contributed by atoms with Crippen molar-refractivity contribution in [2.45, 2.75) is 13.0 Å². The Labute approximate surface area is 94.2 Å². The summed E-state index contributed by atoms with van der Waals surface area (Å²) in [6, 6.07) is 4.01. The van der Waals surface area contributed by atoms with E-state index >= 15 is 0 Å². The van der Waals surface area contributed by atoms with Gasteiger partial charge in [0.05, 0.1) is 6.54 Å². The van der Waals surface area contributed by atoms with Crippen LogP contribution in [0.3, 0.4) is 0 Å². The van der Waals surface area contributed by atoms with Crippen LogP contribution < -0.4 is 5.73 Å². The maximum atomic E-state index is 11.7. The molecule has 4 heteroatoms. The molecule has 0 fully saturated rings. The molecule has 0 aliphatic heterocycles. The second-order valence-electron chi connectivity index (χ2n) is 3.18. The highest BCUT2D eigenvalue weighted by molar-refractivity contribution is 7.09. The van der Waals surface area contributed by atoms with Crippen LogP contribution in [0.15, 0.2) is 30.2 Å². The molecular formula is C11H16N2OS. The summed E-state index contributed by atoms with van der Waals surface area (Å²) in [5.41, 5.74) is 5.37. The third-order valence-corrected chi connectivity index (χ3v) is 2.85. The summed E-state index contributed by atoms with van der Waals surface area (Å²) in [6.07, 6.45) is 2.14. The van der Waals surface area contributed by atoms with Gasteiger partial charge in [0.1, 0.15) is 0 Å². The normalized spacial score (nSPS) is 9.93. The van der Waals surface area contributed by atoms with Crippen molar-refractivity contribution in [3.63, 3.8) is 0 Å². The smallest absolute Gasteiger partial charge is 0.224 e. The van der Waals surface area contributed by atoms with Crippen molar-refractivity contribution in [2.24, 2.45) is 5.73 Å². The van der Waals surface area contributed by atoms with E-state index in [0.29, 0.717) is 26.1 Å². The van der Waals surface area contributed by atoms with Crippen molar-refractivity contribution in [3.05, 3.63) is 35.0 Å². The number of carbonyl (C=O) groups is 1. The molecule has 1 aromatic heterocycles. The second kappa shape index (κ2) is 6.37. The number of hydrogen-bond acceptors (Lipinski definition) is 3. The molecule has 0 saturated carbocycles. The van der Waals surface area contributed by atoms with E-state index in [9.17, 15) is 4.79 Å². The van der Waals surface area contributed by atoms with Crippen LogP contribution in [-0.4, -0.2) is 23.9 Å². The van der Waals surface area contributed by atoms with Crippen molar-refractivity contribution >= 4 is 17.2 Å². The molecule has 0 aromatic carbocycles. The predicted octanol–water partition coefficient (Wildman–Crippen LogP) is 1.61. The molecule has 1 amide bonds. The molecule has 0 atom stereocenters. The van der Waals surface area contributed by atoms with Gasteiger partial charge in [-0.05, 0) is 11.4 Å². The maximum absolute atomic E-state index is 11.7. The number of hydrogen-bond donors (Lipinski definition) is 1. The minimum atomic E-state index is 0.0887. The molecule has 0 aliphatic carbocycles. The topological polar surface area (TPSA) is 46.3 Å². The second-order valence-corrected chi connectivity index (χ2v) is 4.21. The Balaban J connectivity index is 2.57. The van der Waals surface area contributed by atoms with E-state index in [1.165, 1.54) is 4.88 Å². The summed E-state index contributed by atoms with van der Waals surface area (Å²) in [5, 5.41) is 2.01. The van der Waals surface area contributed by atoms with Crippen LogP contribution in [0.1, 0.15) is 11.3 Å². The van der Waals surface area contributed by atoms with Gasteiger partial charge in [-0.3, -0.25) is 4.79 Å². The van der Waals surface area contributed by atoms with Crippen molar-refractivity contribution in [2.75, 3.05) is 13.1 Å². The average Bonchev–Trinajstić information content (AvgIpc) is 2.70. The van der Waals surface area contributed by atoms with Gasteiger partial charge in [-0.2, -0.15) is 0 Å². The Hall–Kier alpha value is -1.13. The number of thiophene rings is 1. The first-order valence-electron chi connectivity index (χ1n) is 4.89. The number of nitrogens with two attached hydrogens (primary N) is 1. The summed E-state index contributed by atoms with van der Waals surface area (Å²) in [7, 11) is 0. The van der Waals surface area contributed by atoms with Gasteiger partial charge >= 0.3 is 0 Å². The van der Waals surface area contributed by atoms with E-state index in [0.717, 1.165) is 0 Å². The standard InChI is InChI=1S/C11H16N2OS/c1-2-7-13(11(14)5-6-12)9-10-4-3-8-15-10/h2-4,8H,1,5-7,9,12H2. The van der Waals surface area contributed by atoms with Crippen molar-refractivity contribution in [1.82, 2.24) is 4.90 Å². The third kappa shape index (κ3) is 3.85. The molecule has 82 valence electrons. The molecule has 2 N–H and O–H groups in total. The average molecular weight is 224 g/mol. The van der Waals surface area contributed by atoms with Crippen LogP contribution in [-0.2, 0) is 11.3 Å². The molecule has 0 unspecified atom stereocenters. The van der Waals surface area contributed by atoms with Crippen LogP contribution >= 0.6 is 11.3 Å². The maximum Gasteiger partial charge on any atom is 0.224 e. The van der Waals surface area contributed by atoms with Crippen LogP contribution in [0.5, 0.6) is 0 Å². The lowest BCUT2D eigenvalue weighted by Gasteiger charge is -2.19. The first kappa shape index (κ1) is 11.9. The minimum Gasteiger partial charge on any atom is -0.334 e. The van der Waals surface area contributed by atoms with Crippen LogP contribution in [0, 0.1) is 0 Å². The fourth-order valence-corrected chi connectivity index (χ4v) is 2.00. The molecule has 0 aliphatic rings. The quantitative estimate of drug-likeness (QED) is 0.746.